The molecule has 1 saturated heterocycles. The van der Waals surface area contributed by atoms with E-state index < -0.39 is 25.8 Å². The maximum absolute atomic E-state index is 12.0. The number of sulfonamides is 1. The van der Waals surface area contributed by atoms with Gasteiger partial charge in [0.2, 0.25) is 5.91 Å². The van der Waals surface area contributed by atoms with Gasteiger partial charge in [0, 0.05) is 5.25 Å². The zero-order valence-corrected chi connectivity index (χ0v) is 14.4. The number of rotatable bonds is 5. The van der Waals surface area contributed by atoms with Crippen molar-refractivity contribution in [1.29, 1.82) is 0 Å². The quantitative estimate of drug-likeness (QED) is 0.828. The smallest absolute Gasteiger partial charge is 0.264 e. The van der Waals surface area contributed by atoms with Crippen molar-refractivity contribution in [2.75, 3.05) is 17.3 Å². The highest BCUT2D eigenvalue weighted by molar-refractivity contribution is 8.02. The second kappa shape index (κ2) is 6.59. The van der Waals surface area contributed by atoms with E-state index in [-0.39, 0.29) is 27.4 Å². The molecular formula is C13H17NO5S3. The minimum absolute atomic E-state index is 0.0277. The minimum atomic E-state index is -3.88. The summed E-state index contributed by atoms with van der Waals surface area (Å²) in [6, 6.07) is 6.16. The second-order valence-corrected chi connectivity index (χ2v) is 10.4. The van der Waals surface area contributed by atoms with Crippen molar-refractivity contribution in [1.82, 2.24) is 4.72 Å². The Labute approximate surface area is 134 Å². The average Bonchev–Trinajstić information content (AvgIpc) is 2.76. The van der Waals surface area contributed by atoms with E-state index >= 15 is 0 Å². The van der Waals surface area contributed by atoms with Crippen LogP contribution in [-0.4, -0.2) is 45.3 Å². The summed E-state index contributed by atoms with van der Waals surface area (Å²) in [4.78, 5) is 11.8. The Hall–Kier alpha value is -1.06. The van der Waals surface area contributed by atoms with Crippen molar-refractivity contribution in [2.24, 2.45) is 0 Å². The zero-order chi connectivity index (χ0) is 16.4. The van der Waals surface area contributed by atoms with Gasteiger partial charge in [0.05, 0.1) is 22.2 Å². The molecule has 1 aromatic rings. The van der Waals surface area contributed by atoms with Crippen LogP contribution in [0, 0.1) is 6.92 Å². The summed E-state index contributed by atoms with van der Waals surface area (Å²) in [5, 5.41) is -0.141. The van der Waals surface area contributed by atoms with Crippen LogP contribution in [0.2, 0.25) is 0 Å². The third-order valence-electron chi connectivity index (χ3n) is 3.22. The molecule has 0 saturated carbocycles. The Morgan fingerprint density at radius 2 is 1.95 bits per heavy atom. The SMILES string of the molecule is Cc1ccc(S(=O)(=O)NC(=O)CS[C@H]2CCS(=O)(=O)C2)cc1. The van der Waals surface area contributed by atoms with E-state index in [1.165, 1.54) is 23.9 Å². The van der Waals surface area contributed by atoms with Crippen LogP contribution in [-0.2, 0) is 24.7 Å². The molecule has 0 bridgehead atoms. The molecule has 1 aliphatic rings. The summed E-state index contributed by atoms with van der Waals surface area (Å²) in [5.41, 5.74) is 0.920. The maximum atomic E-state index is 12.0. The highest BCUT2D eigenvalue weighted by atomic mass is 32.2. The Balaban J connectivity index is 1.90. The van der Waals surface area contributed by atoms with Crippen molar-refractivity contribution in [3.8, 4) is 0 Å². The van der Waals surface area contributed by atoms with E-state index in [0.717, 1.165) is 5.56 Å². The molecule has 1 aliphatic heterocycles. The summed E-state index contributed by atoms with van der Waals surface area (Å²) in [5.74, 6) is -0.538. The predicted octanol–water partition coefficient (Wildman–Crippen LogP) is 0.720. The first-order valence-electron chi connectivity index (χ1n) is 6.62. The molecule has 0 aliphatic carbocycles. The van der Waals surface area contributed by atoms with E-state index in [4.69, 9.17) is 0 Å². The van der Waals surface area contributed by atoms with E-state index in [0.29, 0.717) is 6.42 Å². The number of amides is 1. The summed E-state index contributed by atoms with van der Waals surface area (Å²) in [6.07, 6.45) is 0.505. The van der Waals surface area contributed by atoms with Crippen molar-refractivity contribution in [2.45, 2.75) is 23.5 Å². The van der Waals surface area contributed by atoms with Crippen LogP contribution in [0.4, 0.5) is 0 Å². The van der Waals surface area contributed by atoms with Crippen molar-refractivity contribution in [3.63, 3.8) is 0 Å². The molecule has 6 nitrogen and oxygen atoms in total. The minimum Gasteiger partial charge on any atom is -0.273 e. The first kappa shape index (κ1) is 17.3. The van der Waals surface area contributed by atoms with Crippen molar-refractivity contribution >= 4 is 37.5 Å². The zero-order valence-electron chi connectivity index (χ0n) is 12.0. The summed E-state index contributed by atoms with van der Waals surface area (Å²) in [7, 11) is -6.87. The van der Waals surface area contributed by atoms with Gasteiger partial charge < -0.3 is 0 Å². The van der Waals surface area contributed by atoms with Crippen LogP contribution in [0.15, 0.2) is 29.2 Å². The van der Waals surface area contributed by atoms with Crippen molar-refractivity contribution < 1.29 is 21.6 Å². The first-order chi connectivity index (χ1) is 10.2. The Kier molecular flexibility index (Phi) is 5.18. The second-order valence-electron chi connectivity index (χ2n) is 5.18. The first-order valence-corrected chi connectivity index (χ1v) is 11.0. The Morgan fingerprint density at radius 1 is 1.32 bits per heavy atom. The fourth-order valence-corrected chi connectivity index (χ4v) is 6.56. The molecule has 1 aromatic carbocycles. The number of hydrogen-bond acceptors (Lipinski definition) is 6. The van der Waals surface area contributed by atoms with Gasteiger partial charge in [0.25, 0.3) is 10.0 Å². The lowest BCUT2D eigenvalue weighted by Gasteiger charge is -2.09. The number of carbonyl (C=O) groups excluding carboxylic acids is 1. The lowest BCUT2D eigenvalue weighted by atomic mass is 10.2. The molecule has 0 aromatic heterocycles. The van der Waals surface area contributed by atoms with Gasteiger partial charge in [-0.15, -0.1) is 11.8 Å². The van der Waals surface area contributed by atoms with Gasteiger partial charge in [-0.25, -0.2) is 21.6 Å². The molecule has 22 heavy (non-hydrogen) atoms. The molecule has 1 fully saturated rings. The highest BCUT2D eigenvalue weighted by Crippen LogP contribution is 2.24. The standard InChI is InChI=1S/C13H17NO5S3/c1-10-2-4-12(5-3-10)22(18,19)14-13(15)8-20-11-6-7-21(16,17)9-11/h2-5,11H,6-9H2,1H3,(H,14,15)/t11-/m0/s1. The lowest BCUT2D eigenvalue weighted by Crippen LogP contribution is -2.32. The van der Waals surface area contributed by atoms with E-state index in [1.807, 2.05) is 11.6 Å². The van der Waals surface area contributed by atoms with E-state index in [9.17, 15) is 21.6 Å². The number of carbonyl (C=O) groups is 1. The number of hydrogen-bond donors (Lipinski definition) is 1. The lowest BCUT2D eigenvalue weighted by molar-refractivity contribution is -0.116. The number of sulfone groups is 1. The van der Waals surface area contributed by atoms with Crippen LogP contribution < -0.4 is 4.72 Å². The van der Waals surface area contributed by atoms with Gasteiger partial charge in [-0.05, 0) is 25.5 Å². The largest absolute Gasteiger partial charge is 0.273 e. The van der Waals surface area contributed by atoms with E-state index in [2.05, 4.69) is 0 Å². The molecule has 1 heterocycles. The fourth-order valence-electron chi connectivity index (χ4n) is 2.04. The summed E-state index contributed by atoms with van der Waals surface area (Å²) >= 11 is 1.18. The Bertz CT molecular complexity index is 753. The molecule has 1 N–H and O–H groups in total. The number of thioether (sulfide) groups is 1. The molecule has 0 unspecified atom stereocenters. The molecular weight excluding hydrogens is 346 g/mol. The van der Waals surface area contributed by atoms with Crippen LogP contribution in [0.3, 0.4) is 0 Å². The number of aryl methyl sites for hydroxylation is 1. The molecule has 9 heteroatoms. The normalized spacial score (nSPS) is 20.7. The summed E-state index contributed by atoms with van der Waals surface area (Å²) < 4.78 is 48.7. The molecule has 0 spiro atoms. The molecule has 0 radical (unpaired) electrons. The molecule has 2 rings (SSSR count). The third-order valence-corrected chi connectivity index (χ3v) is 7.89. The topological polar surface area (TPSA) is 97.4 Å². The van der Waals surface area contributed by atoms with Crippen LogP contribution in [0.5, 0.6) is 0 Å². The molecule has 1 amide bonds. The van der Waals surface area contributed by atoms with Gasteiger partial charge in [-0.3, -0.25) is 4.79 Å². The predicted molar refractivity (Wildman–Crippen MR) is 86.0 cm³/mol. The van der Waals surface area contributed by atoms with E-state index in [1.54, 1.807) is 12.1 Å². The Morgan fingerprint density at radius 3 is 2.50 bits per heavy atom. The van der Waals surface area contributed by atoms with Crippen LogP contribution >= 0.6 is 11.8 Å². The van der Waals surface area contributed by atoms with Gasteiger partial charge in [0.1, 0.15) is 0 Å². The third kappa shape index (κ3) is 4.72. The summed E-state index contributed by atoms with van der Waals surface area (Å²) in [6.45, 7) is 1.83. The van der Waals surface area contributed by atoms with Crippen LogP contribution in [0.25, 0.3) is 0 Å². The van der Waals surface area contributed by atoms with Gasteiger partial charge >= 0.3 is 0 Å². The van der Waals surface area contributed by atoms with Gasteiger partial charge in [0.15, 0.2) is 9.84 Å². The van der Waals surface area contributed by atoms with Crippen molar-refractivity contribution in [3.05, 3.63) is 29.8 Å². The molecule has 122 valence electrons. The number of benzene rings is 1. The highest BCUT2D eigenvalue weighted by Gasteiger charge is 2.29. The molecule has 1 atom stereocenters. The van der Waals surface area contributed by atoms with Gasteiger partial charge in [-0.1, -0.05) is 17.7 Å². The monoisotopic (exact) mass is 363 g/mol. The fraction of sp³-hybridized carbons (Fsp3) is 0.462. The van der Waals surface area contributed by atoms with Gasteiger partial charge in [-0.2, -0.15) is 0 Å². The average molecular weight is 363 g/mol. The maximum Gasteiger partial charge on any atom is 0.264 e. The van der Waals surface area contributed by atoms with Crippen LogP contribution in [0.1, 0.15) is 12.0 Å². The number of nitrogens with one attached hydrogen (secondary N) is 1.